The van der Waals surface area contributed by atoms with Crippen LogP contribution in [0.25, 0.3) is 83.2 Å². The van der Waals surface area contributed by atoms with Gasteiger partial charge in [-0.1, -0.05) is 127 Å². The van der Waals surface area contributed by atoms with Gasteiger partial charge in [-0.2, -0.15) is 0 Å². The fourth-order valence-electron chi connectivity index (χ4n) is 6.49. The average Bonchev–Trinajstić information content (AvgIpc) is 3.42. The van der Waals surface area contributed by atoms with Gasteiger partial charge in [0.25, 0.3) is 0 Å². The summed E-state index contributed by atoms with van der Waals surface area (Å²) < 4.78 is 2.32. The molecule has 0 radical (unpaired) electrons. The van der Waals surface area contributed by atoms with Gasteiger partial charge in [0, 0.05) is 38.2 Å². The third kappa shape index (κ3) is 4.42. The molecule has 0 aliphatic rings. The maximum Gasteiger partial charge on any atom is 0.164 e. The van der Waals surface area contributed by atoms with Gasteiger partial charge in [0.15, 0.2) is 17.5 Å². The van der Waals surface area contributed by atoms with Crippen LogP contribution in [0.5, 0.6) is 0 Å². The van der Waals surface area contributed by atoms with Crippen molar-refractivity contribution < 1.29 is 0 Å². The van der Waals surface area contributed by atoms with Crippen LogP contribution in [0.3, 0.4) is 0 Å². The molecule has 0 aliphatic carbocycles. The first-order chi connectivity index (χ1) is 22.7. The van der Waals surface area contributed by atoms with E-state index in [1.54, 1.807) is 0 Å². The summed E-state index contributed by atoms with van der Waals surface area (Å²) in [6.07, 6.45) is 0. The van der Waals surface area contributed by atoms with E-state index >= 15 is 0 Å². The smallest absolute Gasteiger partial charge is 0.164 e. The number of hydrogen-bond donors (Lipinski definition) is 0. The van der Waals surface area contributed by atoms with Gasteiger partial charge in [-0.05, 0) is 57.9 Å². The van der Waals surface area contributed by atoms with Crippen molar-refractivity contribution >= 4 is 55.0 Å². The maximum absolute atomic E-state index is 6.64. The van der Waals surface area contributed by atoms with Crippen molar-refractivity contribution in [2.24, 2.45) is 0 Å². The molecule has 0 aliphatic heterocycles. The molecule has 46 heavy (non-hydrogen) atoms. The van der Waals surface area contributed by atoms with Crippen molar-refractivity contribution in [3.05, 3.63) is 157 Å². The summed E-state index contributed by atoms with van der Waals surface area (Å²) in [5.74, 6) is 1.89. The van der Waals surface area contributed by atoms with Gasteiger partial charge in [0.1, 0.15) is 0 Å². The zero-order valence-corrected chi connectivity index (χ0v) is 25.4. The predicted molar refractivity (Wildman–Crippen MR) is 190 cm³/mol. The van der Waals surface area contributed by atoms with E-state index in [0.29, 0.717) is 22.5 Å². The summed E-state index contributed by atoms with van der Waals surface area (Å²) in [6.45, 7) is 0. The molecule has 0 N–H and O–H groups in total. The van der Waals surface area contributed by atoms with E-state index in [2.05, 4.69) is 89.5 Å². The molecular formula is C41H25ClN4. The first-order valence-electron chi connectivity index (χ1n) is 15.2. The molecule has 4 nitrogen and oxygen atoms in total. The molecule has 2 aromatic heterocycles. The van der Waals surface area contributed by atoms with Crippen LogP contribution in [0.2, 0.25) is 5.02 Å². The molecule has 0 spiro atoms. The lowest BCUT2D eigenvalue weighted by Crippen LogP contribution is -2.02. The monoisotopic (exact) mass is 608 g/mol. The number of fused-ring (bicyclic) bond motifs is 5. The summed E-state index contributed by atoms with van der Waals surface area (Å²) in [7, 11) is 0. The standard InChI is InChI=1S/C41H25ClN4/c42-31-19-20-34-35-22-28-15-7-8-16-29(28)23-37(35)46(38(34)24-31)32-21-30-17-9-10-18-33(30)36(25-32)41-44-39(26-11-3-1-4-12-26)43-40(45-41)27-13-5-2-6-14-27/h1-25H. The van der Waals surface area contributed by atoms with Gasteiger partial charge in [-0.15, -0.1) is 0 Å². The molecule has 0 bridgehead atoms. The summed E-state index contributed by atoms with van der Waals surface area (Å²) in [5.41, 5.74) is 5.98. The second kappa shape index (κ2) is 10.7. The van der Waals surface area contributed by atoms with Gasteiger partial charge < -0.3 is 4.57 Å². The van der Waals surface area contributed by atoms with Crippen molar-refractivity contribution in [2.45, 2.75) is 0 Å². The predicted octanol–water partition coefficient (Wildman–Crippen LogP) is 10.9. The van der Waals surface area contributed by atoms with Gasteiger partial charge >= 0.3 is 0 Å². The summed E-state index contributed by atoms with van der Waals surface area (Å²) >= 11 is 6.64. The van der Waals surface area contributed by atoms with Crippen molar-refractivity contribution in [3.63, 3.8) is 0 Å². The largest absolute Gasteiger partial charge is 0.309 e. The highest BCUT2D eigenvalue weighted by Gasteiger charge is 2.19. The lowest BCUT2D eigenvalue weighted by Gasteiger charge is -2.14. The Morgan fingerprint density at radius 2 is 0.978 bits per heavy atom. The topological polar surface area (TPSA) is 43.6 Å². The van der Waals surface area contributed by atoms with E-state index in [1.165, 1.54) is 16.2 Å². The Labute approximate surface area is 270 Å². The van der Waals surface area contributed by atoms with Crippen molar-refractivity contribution in [1.82, 2.24) is 19.5 Å². The summed E-state index contributed by atoms with van der Waals surface area (Å²) in [4.78, 5) is 15.1. The van der Waals surface area contributed by atoms with Crippen LogP contribution in [0.1, 0.15) is 0 Å². The lowest BCUT2D eigenvalue weighted by molar-refractivity contribution is 1.07. The molecule has 216 valence electrons. The normalized spacial score (nSPS) is 11.6. The van der Waals surface area contributed by atoms with Crippen LogP contribution < -0.4 is 0 Å². The first-order valence-corrected chi connectivity index (χ1v) is 15.6. The molecule has 0 saturated carbocycles. The van der Waals surface area contributed by atoms with E-state index in [9.17, 15) is 0 Å². The Bertz CT molecular complexity index is 2530. The summed E-state index contributed by atoms with van der Waals surface area (Å²) in [5, 5.41) is 7.57. The highest BCUT2D eigenvalue weighted by Crippen LogP contribution is 2.39. The fraction of sp³-hybridized carbons (Fsp3) is 0. The van der Waals surface area contributed by atoms with E-state index in [1.807, 2.05) is 66.7 Å². The summed E-state index contributed by atoms with van der Waals surface area (Å²) in [6, 6.07) is 52.3. The Balaban J connectivity index is 1.36. The van der Waals surface area contributed by atoms with Crippen molar-refractivity contribution in [2.75, 3.05) is 0 Å². The quantitative estimate of drug-likeness (QED) is 0.200. The van der Waals surface area contributed by atoms with Crippen LogP contribution >= 0.6 is 11.6 Å². The number of benzene rings is 7. The maximum atomic E-state index is 6.64. The second-order valence-corrected chi connectivity index (χ2v) is 11.9. The van der Waals surface area contributed by atoms with E-state index in [-0.39, 0.29) is 0 Å². The number of aromatic nitrogens is 4. The van der Waals surface area contributed by atoms with Crippen LogP contribution in [0.15, 0.2) is 152 Å². The third-order valence-corrected chi connectivity index (χ3v) is 8.88. The lowest BCUT2D eigenvalue weighted by atomic mass is 10.0. The van der Waals surface area contributed by atoms with Gasteiger partial charge in [0.05, 0.1) is 11.0 Å². The molecular weight excluding hydrogens is 584 g/mol. The second-order valence-electron chi connectivity index (χ2n) is 11.5. The van der Waals surface area contributed by atoms with E-state index in [0.717, 1.165) is 49.6 Å². The highest BCUT2D eigenvalue weighted by atomic mass is 35.5. The van der Waals surface area contributed by atoms with E-state index in [4.69, 9.17) is 26.6 Å². The molecule has 2 heterocycles. The number of nitrogens with zero attached hydrogens (tertiary/aromatic N) is 4. The fourth-order valence-corrected chi connectivity index (χ4v) is 6.66. The zero-order valence-electron chi connectivity index (χ0n) is 24.6. The van der Waals surface area contributed by atoms with Crippen LogP contribution in [0, 0.1) is 0 Å². The first kappa shape index (κ1) is 26.6. The van der Waals surface area contributed by atoms with Crippen molar-refractivity contribution in [1.29, 1.82) is 0 Å². The minimum absolute atomic E-state index is 0.620. The molecule has 0 amide bonds. The zero-order chi connectivity index (χ0) is 30.6. The Hall–Kier alpha value is -5.84. The molecule has 0 saturated heterocycles. The van der Waals surface area contributed by atoms with Gasteiger partial charge in [-0.3, -0.25) is 0 Å². The molecule has 0 atom stereocenters. The molecule has 7 aromatic carbocycles. The van der Waals surface area contributed by atoms with Crippen LogP contribution in [-0.4, -0.2) is 19.5 Å². The van der Waals surface area contributed by atoms with Crippen LogP contribution in [0.4, 0.5) is 0 Å². The average molecular weight is 609 g/mol. The van der Waals surface area contributed by atoms with Crippen molar-refractivity contribution in [3.8, 4) is 39.9 Å². The Kier molecular flexibility index (Phi) is 6.15. The Morgan fingerprint density at radius 3 is 1.67 bits per heavy atom. The third-order valence-electron chi connectivity index (χ3n) is 8.64. The molecule has 0 fully saturated rings. The Morgan fingerprint density at radius 1 is 0.413 bits per heavy atom. The highest BCUT2D eigenvalue weighted by molar-refractivity contribution is 6.31. The van der Waals surface area contributed by atoms with Gasteiger partial charge in [0.2, 0.25) is 0 Å². The van der Waals surface area contributed by atoms with Gasteiger partial charge in [-0.25, -0.2) is 15.0 Å². The minimum Gasteiger partial charge on any atom is -0.309 e. The number of rotatable bonds is 4. The SMILES string of the molecule is Clc1ccc2c3cc4ccccc4cc3n(-c3cc(-c4nc(-c5ccccc5)nc(-c5ccccc5)n4)c4ccccc4c3)c2c1. The molecule has 5 heteroatoms. The molecule has 0 unspecified atom stereocenters. The number of hydrogen-bond acceptors (Lipinski definition) is 3. The molecule has 9 aromatic rings. The number of halogens is 1. The van der Waals surface area contributed by atoms with Crippen LogP contribution in [-0.2, 0) is 0 Å². The molecule has 9 rings (SSSR count). The minimum atomic E-state index is 0.620. The van der Waals surface area contributed by atoms with E-state index < -0.39 is 0 Å².